The van der Waals surface area contributed by atoms with Gasteiger partial charge in [-0.25, -0.2) is 4.79 Å². The molecule has 0 aliphatic heterocycles. The van der Waals surface area contributed by atoms with Gasteiger partial charge in [-0.05, 0) is 19.3 Å². The number of carbonyl (C=O) groups is 1. The van der Waals surface area contributed by atoms with Crippen molar-refractivity contribution in [1.82, 2.24) is 5.32 Å². The minimum absolute atomic E-state index is 0.0361. The predicted molar refractivity (Wildman–Crippen MR) is 50.1 cm³/mol. The third-order valence-corrected chi connectivity index (χ3v) is 1.88. The molecule has 0 bridgehead atoms. The Hall–Kier alpha value is -1.43. The van der Waals surface area contributed by atoms with Crippen LogP contribution < -0.4 is 5.32 Å². The minimum Gasteiger partial charge on any atom is -0.436 e. The van der Waals surface area contributed by atoms with Crippen molar-refractivity contribution < 1.29 is 9.53 Å². The number of hydrogen-bond donors (Lipinski definition) is 1. The van der Waals surface area contributed by atoms with Crippen LogP contribution in [0, 0.1) is 12.3 Å². The van der Waals surface area contributed by atoms with E-state index in [0.717, 1.165) is 19.3 Å². The molecule has 0 aromatic heterocycles. The minimum atomic E-state index is -0.418. The highest BCUT2D eigenvalue weighted by molar-refractivity contribution is 5.67. The lowest BCUT2D eigenvalue weighted by Crippen LogP contribution is -2.35. The van der Waals surface area contributed by atoms with E-state index in [2.05, 4.69) is 28.1 Å². The third-order valence-electron chi connectivity index (χ3n) is 1.88. The number of rotatable bonds is 2. The lowest BCUT2D eigenvalue weighted by atomic mass is 10.0. The van der Waals surface area contributed by atoms with Crippen LogP contribution in [-0.4, -0.2) is 18.7 Å². The van der Waals surface area contributed by atoms with Crippen LogP contribution in [0.5, 0.6) is 0 Å². The Labute approximate surface area is 78.2 Å². The quantitative estimate of drug-likeness (QED) is 0.514. The Balaban J connectivity index is 2.20. The standard InChI is InChI=1S/C10H13NO2/c1-2-8-13-10(12)11-9-6-4-3-5-7-9/h1,3-4,9H,5-8H2,(H,11,12). The molecule has 0 aromatic carbocycles. The maximum Gasteiger partial charge on any atom is 0.408 e. The highest BCUT2D eigenvalue weighted by Crippen LogP contribution is 2.10. The average molecular weight is 179 g/mol. The van der Waals surface area contributed by atoms with Gasteiger partial charge in [0.2, 0.25) is 0 Å². The SMILES string of the molecule is C#CCOC(=O)NC1CC=CCC1. The maximum absolute atomic E-state index is 11.0. The van der Waals surface area contributed by atoms with Gasteiger partial charge in [0.15, 0.2) is 6.61 Å². The van der Waals surface area contributed by atoms with Gasteiger partial charge in [0, 0.05) is 6.04 Å². The fourth-order valence-corrected chi connectivity index (χ4v) is 1.24. The molecule has 0 spiro atoms. The highest BCUT2D eigenvalue weighted by Gasteiger charge is 2.12. The van der Waals surface area contributed by atoms with Crippen LogP contribution >= 0.6 is 0 Å². The van der Waals surface area contributed by atoms with Crippen molar-refractivity contribution in [2.75, 3.05) is 6.61 Å². The molecule has 0 radical (unpaired) electrons. The van der Waals surface area contributed by atoms with Crippen molar-refractivity contribution in [2.24, 2.45) is 0 Å². The number of terminal acetylenes is 1. The second kappa shape index (κ2) is 5.26. The first-order chi connectivity index (χ1) is 6.33. The molecular formula is C10H13NO2. The molecule has 0 saturated carbocycles. The average Bonchev–Trinajstić information content (AvgIpc) is 2.16. The van der Waals surface area contributed by atoms with E-state index >= 15 is 0 Å². The molecule has 1 rings (SSSR count). The summed E-state index contributed by atoms with van der Waals surface area (Å²) in [6, 6.07) is 0.204. The number of alkyl carbamates (subject to hydrolysis) is 1. The molecule has 1 unspecified atom stereocenters. The van der Waals surface area contributed by atoms with E-state index in [1.165, 1.54) is 0 Å². The summed E-state index contributed by atoms with van der Waals surface area (Å²) in [4.78, 5) is 11.0. The van der Waals surface area contributed by atoms with Crippen LogP contribution in [0.25, 0.3) is 0 Å². The summed E-state index contributed by atoms with van der Waals surface area (Å²) in [5.41, 5.74) is 0. The Morgan fingerprint density at radius 3 is 3.15 bits per heavy atom. The number of carbonyl (C=O) groups excluding carboxylic acids is 1. The zero-order chi connectivity index (χ0) is 9.52. The molecule has 3 nitrogen and oxygen atoms in total. The van der Waals surface area contributed by atoms with Crippen molar-refractivity contribution in [2.45, 2.75) is 25.3 Å². The molecule has 0 heterocycles. The largest absolute Gasteiger partial charge is 0.436 e. The summed E-state index contributed by atoms with van der Waals surface area (Å²) in [6.07, 6.45) is 11.6. The van der Waals surface area contributed by atoms with Crippen molar-refractivity contribution in [1.29, 1.82) is 0 Å². The zero-order valence-corrected chi connectivity index (χ0v) is 7.45. The second-order valence-corrected chi connectivity index (χ2v) is 2.91. The second-order valence-electron chi connectivity index (χ2n) is 2.91. The van der Waals surface area contributed by atoms with Gasteiger partial charge in [-0.2, -0.15) is 0 Å². The lowest BCUT2D eigenvalue weighted by molar-refractivity contribution is 0.155. The van der Waals surface area contributed by atoms with Gasteiger partial charge >= 0.3 is 6.09 Å². The number of nitrogens with one attached hydrogen (secondary N) is 1. The highest BCUT2D eigenvalue weighted by atomic mass is 16.5. The molecule has 1 amide bonds. The molecular weight excluding hydrogens is 166 g/mol. The fraction of sp³-hybridized carbons (Fsp3) is 0.500. The Kier molecular flexibility index (Phi) is 3.90. The predicted octanol–water partition coefficient (Wildman–Crippen LogP) is 1.45. The van der Waals surface area contributed by atoms with Crippen LogP contribution in [0.4, 0.5) is 4.79 Å². The van der Waals surface area contributed by atoms with Crippen molar-refractivity contribution in [3.05, 3.63) is 12.2 Å². The molecule has 1 N–H and O–H groups in total. The first-order valence-electron chi connectivity index (χ1n) is 4.34. The van der Waals surface area contributed by atoms with Crippen molar-refractivity contribution in [3.8, 4) is 12.3 Å². The van der Waals surface area contributed by atoms with E-state index < -0.39 is 6.09 Å². The van der Waals surface area contributed by atoms with Gasteiger partial charge in [-0.3, -0.25) is 0 Å². The first kappa shape index (κ1) is 9.66. The smallest absolute Gasteiger partial charge is 0.408 e. The summed E-state index contributed by atoms with van der Waals surface area (Å²) in [6.45, 7) is 0.0361. The van der Waals surface area contributed by atoms with E-state index in [1.807, 2.05) is 0 Å². The van der Waals surface area contributed by atoms with Gasteiger partial charge < -0.3 is 10.1 Å². The van der Waals surface area contributed by atoms with Crippen LogP contribution in [-0.2, 0) is 4.74 Å². The summed E-state index contributed by atoms with van der Waals surface area (Å²) >= 11 is 0. The molecule has 1 aliphatic carbocycles. The molecule has 3 heteroatoms. The fourth-order valence-electron chi connectivity index (χ4n) is 1.24. The van der Waals surface area contributed by atoms with E-state index in [-0.39, 0.29) is 12.6 Å². The van der Waals surface area contributed by atoms with Gasteiger partial charge in [-0.15, -0.1) is 6.42 Å². The maximum atomic E-state index is 11.0. The molecule has 0 aromatic rings. The summed E-state index contributed by atoms with van der Waals surface area (Å²) in [5.74, 6) is 2.24. The van der Waals surface area contributed by atoms with E-state index in [1.54, 1.807) is 0 Å². The molecule has 13 heavy (non-hydrogen) atoms. The summed E-state index contributed by atoms with van der Waals surface area (Å²) in [5, 5.41) is 2.75. The van der Waals surface area contributed by atoms with Gasteiger partial charge in [0.25, 0.3) is 0 Å². The third kappa shape index (κ3) is 3.66. The van der Waals surface area contributed by atoms with Crippen LogP contribution in [0.3, 0.4) is 0 Å². The molecule has 1 atom stereocenters. The Bertz CT molecular complexity index is 240. The number of ether oxygens (including phenoxy) is 1. The molecule has 1 aliphatic rings. The number of hydrogen-bond acceptors (Lipinski definition) is 2. The normalized spacial score (nSPS) is 20.4. The van der Waals surface area contributed by atoms with Crippen molar-refractivity contribution >= 4 is 6.09 Å². The number of allylic oxidation sites excluding steroid dienone is 1. The van der Waals surface area contributed by atoms with E-state index in [9.17, 15) is 4.79 Å². The van der Waals surface area contributed by atoms with Crippen LogP contribution in [0.2, 0.25) is 0 Å². The zero-order valence-electron chi connectivity index (χ0n) is 7.45. The van der Waals surface area contributed by atoms with E-state index in [4.69, 9.17) is 6.42 Å². The first-order valence-corrected chi connectivity index (χ1v) is 4.34. The topological polar surface area (TPSA) is 38.3 Å². The van der Waals surface area contributed by atoms with Gasteiger partial charge in [-0.1, -0.05) is 18.1 Å². The monoisotopic (exact) mass is 179 g/mol. The molecule has 70 valence electrons. The number of amides is 1. The van der Waals surface area contributed by atoms with Gasteiger partial charge in [0.1, 0.15) is 0 Å². The lowest BCUT2D eigenvalue weighted by Gasteiger charge is -2.18. The summed E-state index contributed by atoms with van der Waals surface area (Å²) in [7, 11) is 0. The van der Waals surface area contributed by atoms with Crippen molar-refractivity contribution in [3.63, 3.8) is 0 Å². The Morgan fingerprint density at radius 1 is 1.69 bits per heavy atom. The van der Waals surface area contributed by atoms with Crippen LogP contribution in [0.15, 0.2) is 12.2 Å². The molecule has 0 fully saturated rings. The molecule has 0 saturated heterocycles. The Morgan fingerprint density at radius 2 is 2.54 bits per heavy atom. The van der Waals surface area contributed by atoms with E-state index in [0.29, 0.717) is 0 Å². The summed E-state index contributed by atoms with van der Waals surface area (Å²) < 4.78 is 4.68. The van der Waals surface area contributed by atoms with Crippen LogP contribution in [0.1, 0.15) is 19.3 Å². The van der Waals surface area contributed by atoms with Gasteiger partial charge in [0.05, 0.1) is 0 Å².